The van der Waals surface area contributed by atoms with Crippen molar-refractivity contribution in [2.24, 2.45) is 5.92 Å². The lowest BCUT2D eigenvalue weighted by atomic mass is 9.90. The SMILES string of the molecule is Cc1cc(C(F)(C(F)(F)F)C(F)(F)F)cc(C(F)(F)F)c1-n1cc(-c2ccc(Cl)c(C(=O)CC3CC3)c2)cn1. The molecule has 0 saturated heterocycles. The van der Waals surface area contributed by atoms with E-state index in [9.17, 15) is 48.7 Å². The summed E-state index contributed by atoms with van der Waals surface area (Å²) in [6.45, 7) is 0.805. The fraction of sp³-hybridized carbons (Fsp3) is 0.360. The van der Waals surface area contributed by atoms with Crippen molar-refractivity contribution in [2.45, 2.75) is 50.4 Å². The molecule has 0 aliphatic heterocycles. The van der Waals surface area contributed by atoms with Gasteiger partial charge in [-0.05, 0) is 55.0 Å². The molecule has 1 aromatic heterocycles. The maximum absolute atomic E-state index is 14.6. The van der Waals surface area contributed by atoms with Gasteiger partial charge >= 0.3 is 24.2 Å². The zero-order valence-corrected chi connectivity index (χ0v) is 20.5. The Morgan fingerprint density at radius 1 is 0.949 bits per heavy atom. The topological polar surface area (TPSA) is 34.9 Å². The van der Waals surface area contributed by atoms with Gasteiger partial charge in [0, 0.05) is 29.3 Å². The third kappa shape index (κ3) is 5.37. The summed E-state index contributed by atoms with van der Waals surface area (Å²) in [7, 11) is 0. The number of carbonyl (C=O) groups is 1. The zero-order chi connectivity index (χ0) is 29.1. The second kappa shape index (κ2) is 9.53. The number of carbonyl (C=O) groups excluding carboxylic acids is 1. The molecule has 1 aliphatic carbocycles. The average molecular weight is 587 g/mol. The van der Waals surface area contributed by atoms with Crippen molar-refractivity contribution in [2.75, 3.05) is 0 Å². The Labute approximate surface area is 219 Å². The highest BCUT2D eigenvalue weighted by atomic mass is 35.5. The average Bonchev–Trinajstić information content (AvgIpc) is 3.48. The van der Waals surface area contributed by atoms with Crippen LogP contribution in [0.4, 0.5) is 43.9 Å². The highest BCUT2D eigenvalue weighted by Crippen LogP contribution is 2.54. The highest BCUT2D eigenvalue weighted by Gasteiger charge is 2.73. The largest absolute Gasteiger partial charge is 0.435 e. The van der Waals surface area contributed by atoms with Crippen LogP contribution in [0.15, 0.2) is 42.7 Å². The highest BCUT2D eigenvalue weighted by molar-refractivity contribution is 6.34. The minimum Gasteiger partial charge on any atom is -0.294 e. The standard InChI is InChI=1S/C25H17ClF10N2O/c1-12-6-16(22(27,24(31,32)33)25(34,35)36)9-18(23(28,29)30)21(12)38-11-15(10-37-38)14-4-5-19(26)17(8-14)20(39)7-13-2-3-13/h4-6,8-11,13H,2-3,7H2,1H3. The van der Waals surface area contributed by atoms with Crippen LogP contribution in [0, 0.1) is 12.8 Å². The molecule has 2 aromatic carbocycles. The van der Waals surface area contributed by atoms with Crippen LogP contribution in [-0.2, 0) is 11.8 Å². The minimum absolute atomic E-state index is 0.0594. The van der Waals surface area contributed by atoms with E-state index in [-0.39, 0.29) is 40.3 Å². The fourth-order valence-corrected chi connectivity index (χ4v) is 4.42. The summed E-state index contributed by atoms with van der Waals surface area (Å²) in [6.07, 6.45) is -14.4. The van der Waals surface area contributed by atoms with Gasteiger partial charge in [0.25, 0.3) is 0 Å². The Hall–Kier alpha value is -3.09. The lowest BCUT2D eigenvalue weighted by Gasteiger charge is -2.31. The van der Waals surface area contributed by atoms with Crippen molar-refractivity contribution >= 4 is 17.4 Å². The molecule has 0 bridgehead atoms. The summed E-state index contributed by atoms with van der Waals surface area (Å²) in [5.74, 6) is 0.0241. The summed E-state index contributed by atoms with van der Waals surface area (Å²) in [4.78, 5) is 12.6. The predicted octanol–water partition coefficient (Wildman–Crippen LogP) is 8.79. The van der Waals surface area contributed by atoms with Crippen LogP contribution in [-0.4, -0.2) is 27.9 Å². The van der Waals surface area contributed by atoms with Crippen LogP contribution in [0.2, 0.25) is 5.02 Å². The maximum Gasteiger partial charge on any atom is 0.435 e. The number of aryl methyl sites for hydroxylation is 1. The minimum atomic E-state index is -6.59. The molecule has 210 valence electrons. The van der Waals surface area contributed by atoms with Crippen molar-refractivity contribution in [1.29, 1.82) is 0 Å². The quantitative estimate of drug-likeness (QED) is 0.214. The number of nitrogens with zero attached hydrogens (tertiary/aromatic N) is 2. The van der Waals surface area contributed by atoms with Gasteiger partial charge in [-0.25, -0.2) is 9.07 Å². The van der Waals surface area contributed by atoms with Crippen molar-refractivity contribution < 1.29 is 48.7 Å². The van der Waals surface area contributed by atoms with E-state index in [0.717, 1.165) is 32.2 Å². The summed E-state index contributed by atoms with van der Waals surface area (Å²) in [6, 6.07) is 3.83. The van der Waals surface area contributed by atoms with Gasteiger partial charge in [-0.3, -0.25) is 4.79 Å². The van der Waals surface area contributed by atoms with E-state index >= 15 is 0 Å². The molecule has 3 aromatic rings. The first-order chi connectivity index (χ1) is 17.8. The van der Waals surface area contributed by atoms with Gasteiger partial charge in [0.05, 0.1) is 22.5 Å². The predicted molar refractivity (Wildman–Crippen MR) is 120 cm³/mol. The van der Waals surface area contributed by atoms with Crippen LogP contribution in [0.5, 0.6) is 0 Å². The molecule has 1 aliphatic rings. The van der Waals surface area contributed by atoms with E-state index in [1.165, 1.54) is 18.2 Å². The molecule has 0 spiro atoms. The number of Topliss-reactive ketones (excluding diaryl/α,β-unsaturated/α-hetero) is 1. The van der Waals surface area contributed by atoms with E-state index < -0.39 is 52.6 Å². The molecule has 14 heteroatoms. The van der Waals surface area contributed by atoms with Crippen LogP contribution in [0.25, 0.3) is 16.8 Å². The fourth-order valence-electron chi connectivity index (χ4n) is 4.19. The number of ketones is 1. The number of rotatable bonds is 6. The third-order valence-corrected chi connectivity index (χ3v) is 6.70. The molecule has 39 heavy (non-hydrogen) atoms. The first kappa shape index (κ1) is 28.9. The second-order valence-corrected chi connectivity index (χ2v) is 9.69. The number of aromatic nitrogens is 2. The first-order valence-corrected chi connectivity index (χ1v) is 11.6. The van der Waals surface area contributed by atoms with E-state index in [1.54, 1.807) is 0 Å². The van der Waals surface area contributed by atoms with Gasteiger partial charge in [0.15, 0.2) is 5.78 Å². The summed E-state index contributed by atoms with van der Waals surface area (Å²) in [5.41, 5.74) is -11.2. The zero-order valence-electron chi connectivity index (χ0n) is 19.7. The number of hydrogen-bond acceptors (Lipinski definition) is 2. The Kier molecular flexibility index (Phi) is 7.06. The molecule has 0 N–H and O–H groups in total. The van der Waals surface area contributed by atoms with E-state index in [0.29, 0.717) is 10.2 Å². The first-order valence-electron chi connectivity index (χ1n) is 11.3. The molecule has 4 rings (SSSR count). The van der Waals surface area contributed by atoms with Gasteiger partial charge in [-0.2, -0.15) is 44.6 Å². The Morgan fingerprint density at radius 2 is 1.56 bits per heavy atom. The number of alkyl halides is 10. The third-order valence-electron chi connectivity index (χ3n) is 6.37. The summed E-state index contributed by atoms with van der Waals surface area (Å²) >= 11 is 6.13. The Balaban J connectivity index is 1.82. The molecule has 1 fully saturated rings. The molecule has 1 saturated carbocycles. The number of halogens is 11. The lowest BCUT2D eigenvalue weighted by Crippen LogP contribution is -2.50. The molecular weight excluding hydrogens is 570 g/mol. The Bertz CT molecular complexity index is 1400. The maximum atomic E-state index is 14.6. The van der Waals surface area contributed by atoms with Crippen molar-refractivity contribution in [1.82, 2.24) is 9.78 Å². The Morgan fingerprint density at radius 3 is 2.10 bits per heavy atom. The van der Waals surface area contributed by atoms with Crippen LogP contribution < -0.4 is 0 Å². The molecular formula is C25H17ClF10N2O. The number of hydrogen-bond donors (Lipinski definition) is 0. The van der Waals surface area contributed by atoms with Gasteiger partial charge in [0.1, 0.15) is 0 Å². The number of benzene rings is 2. The molecule has 3 nitrogen and oxygen atoms in total. The monoisotopic (exact) mass is 586 g/mol. The van der Waals surface area contributed by atoms with Crippen LogP contribution in [0.1, 0.15) is 46.3 Å². The lowest BCUT2D eigenvalue weighted by molar-refractivity contribution is -0.348. The smallest absolute Gasteiger partial charge is 0.294 e. The van der Waals surface area contributed by atoms with Crippen molar-refractivity contribution in [3.8, 4) is 16.8 Å². The van der Waals surface area contributed by atoms with Gasteiger partial charge in [0.2, 0.25) is 0 Å². The molecule has 0 atom stereocenters. The van der Waals surface area contributed by atoms with E-state index in [4.69, 9.17) is 11.6 Å². The molecule has 0 radical (unpaired) electrons. The second-order valence-electron chi connectivity index (χ2n) is 9.28. The van der Waals surface area contributed by atoms with E-state index in [1.807, 2.05) is 0 Å². The van der Waals surface area contributed by atoms with Crippen LogP contribution in [0.3, 0.4) is 0 Å². The van der Waals surface area contributed by atoms with Crippen molar-refractivity contribution in [3.05, 3.63) is 70.0 Å². The normalized spacial score (nSPS) is 15.1. The molecule has 0 amide bonds. The molecule has 0 unspecified atom stereocenters. The van der Waals surface area contributed by atoms with E-state index in [2.05, 4.69) is 5.10 Å². The summed E-state index contributed by atoms with van der Waals surface area (Å²) in [5, 5.41) is 3.96. The van der Waals surface area contributed by atoms with Gasteiger partial charge < -0.3 is 0 Å². The summed E-state index contributed by atoms with van der Waals surface area (Å²) < 4.78 is 136. The van der Waals surface area contributed by atoms with Crippen molar-refractivity contribution in [3.63, 3.8) is 0 Å². The van der Waals surface area contributed by atoms with Gasteiger partial charge in [-0.1, -0.05) is 23.7 Å². The van der Waals surface area contributed by atoms with Gasteiger partial charge in [-0.15, -0.1) is 0 Å². The molecule has 1 heterocycles. The van der Waals surface area contributed by atoms with Crippen LogP contribution >= 0.6 is 11.6 Å².